The van der Waals surface area contributed by atoms with E-state index in [1.54, 1.807) is 4.90 Å². The molecule has 0 bridgehead atoms. The number of amides is 1. The quantitative estimate of drug-likeness (QED) is 0.554. The number of benzene rings is 2. The van der Waals surface area contributed by atoms with Crippen LogP contribution in [0.1, 0.15) is 21.6 Å². The number of nitro benzene ring substituents is 1. The Balaban J connectivity index is 1.64. The summed E-state index contributed by atoms with van der Waals surface area (Å²) in [7, 11) is 0. The van der Waals surface area contributed by atoms with Crippen LogP contribution in [0.25, 0.3) is 10.9 Å². The Morgan fingerprint density at radius 3 is 2.80 bits per heavy atom. The van der Waals surface area contributed by atoms with Crippen LogP contribution in [-0.2, 0) is 13.0 Å². The number of carbonyl (C=O) groups is 1. The van der Waals surface area contributed by atoms with E-state index in [1.807, 2.05) is 24.3 Å². The van der Waals surface area contributed by atoms with Gasteiger partial charge in [-0.05, 0) is 18.2 Å². The summed E-state index contributed by atoms with van der Waals surface area (Å²) in [5.74, 6) is -0.748. The van der Waals surface area contributed by atoms with Gasteiger partial charge in [-0.25, -0.2) is 0 Å². The zero-order valence-corrected chi connectivity index (χ0v) is 13.2. The second kappa shape index (κ2) is 5.62. The average molecular weight is 337 g/mol. The van der Waals surface area contributed by atoms with Crippen LogP contribution in [-0.4, -0.2) is 32.4 Å². The summed E-state index contributed by atoms with van der Waals surface area (Å²) in [5, 5.41) is 21.6. The van der Waals surface area contributed by atoms with Gasteiger partial charge < -0.3 is 15.0 Å². The number of hydrogen-bond acceptors (Lipinski definition) is 4. The van der Waals surface area contributed by atoms with Gasteiger partial charge >= 0.3 is 5.69 Å². The van der Waals surface area contributed by atoms with Crippen LogP contribution in [0.15, 0.2) is 42.5 Å². The van der Waals surface area contributed by atoms with E-state index in [0.29, 0.717) is 19.5 Å². The molecule has 1 aromatic heterocycles. The minimum atomic E-state index is -0.678. The maximum atomic E-state index is 12.7. The Labute approximate surface area is 142 Å². The maximum Gasteiger partial charge on any atom is 0.310 e. The van der Waals surface area contributed by atoms with Crippen molar-refractivity contribution >= 4 is 22.5 Å². The standard InChI is InChI=1S/C18H15N3O4/c22-17-9-11(5-6-16(17)21(24)25)18(23)20-8-7-15-13(10-20)12-3-1-2-4-14(12)19-15/h1-6,9,19,22H,7-8,10H2. The monoisotopic (exact) mass is 337 g/mol. The highest BCUT2D eigenvalue weighted by molar-refractivity contribution is 5.96. The SMILES string of the molecule is O=C(c1ccc([N+](=O)[O-])c(O)c1)N1CCc2[nH]c3ccccc3c2C1. The summed E-state index contributed by atoms with van der Waals surface area (Å²) in [6, 6.07) is 11.7. The first-order valence-electron chi connectivity index (χ1n) is 7.90. The van der Waals surface area contributed by atoms with Gasteiger partial charge in [0.25, 0.3) is 5.91 Å². The van der Waals surface area contributed by atoms with Gasteiger partial charge in [-0.2, -0.15) is 0 Å². The lowest BCUT2D eigenvalue weighted by Gasteiger charge is -2.27. The molecule has 1 amide bonds. The molecular formula is C18H15N3O4. The second-order valence-corrected chi connectivity index (χ2v) is 6.07. The summed E-state index contributed by atoms with van der Waals surface area (Å²) >= 11 is 0. The highest BCUT2D eigenvalue weighted by Gasteiger charge is 2.26. The van der Waals surface area contributed by atoms with E-state index in [2.05, 4.69) is 4.98 Å². The van der Waals surface area contributed by atoms with Gasteiger partial charge in [0.05, 0.1) is 4.92 Å². The van der Waals surface area contributed by atoms with Crippen LogP contribution >= 0.6 is 0 Å². The number of fused-ring (bicyclic) bond motifs is 3. The topological polar surface area (TPSA) is 99.5 Å². The van der Waals surface area contributed by atoms with Crippen molar-refractivity contribution in [3.8, 4) is 5.75 Å². The van der Waals surface area contributed by atoms with Crippen molar-refractivity contribution in [2.45, 2.75) is 13.0 Å². The minimum Gasteiger partial charge on any atom is -0.502 e. The molecule has 0 spiro atoms. The first kappa shape index (κ1) is 15.2. The molecule has 2 heterocycles. The van der Waals surface area contributed by atoms with E-state index in [0.717, 1.165) is 34.3 Å². The number of rotatable bonds is 2. The average Bonchev–Trinajstić information content (AvgIpc) is 2.98. The number of H-pyrrole nitrogens is 1. The van der Waals surface area contributed by atoms with Gasteiger partial charge in [0.1, 0.15) is 0 Å². The Kier molecular flexibility index (Phi) is 3.42. The van der Waals surface area contributed by atoms with E-state index in [9.17, 15) is 20.0 Å². The molecule has 1 aliphatic heterocycles. The molecule has 0 radical (unpaired) electrons. The number of nitrogens with one attached hydrogen (secondary N) is 1. The highest BCUT2D eigenvalue weighted by Crippen LogP contribution is 2.30. The van der Waals surface area contributed by atoms with Gasteiger partial charge in [-0.1, -0.05) is 18.2 Å². The fourth-order valence-electron chi connectivity index (χ4n) is 3.33. The van der Waals surface area contributed by atoms with Crippen LogP contribution in [0.2, 0.25) is 0 Å². The van der Waals surface area contributed by atoms with Crippen molar-refractivity contribution in [1.29, 1.82) is 0 Å². The smallest absolute Gasteiger partial charge is 0.310 e. The number of aromatic hydroxyl groups is 1. The molecule has 0 atom stereocenters. The van der Waals surface area contributed by atoms with Crippen LogP contribution in [0.5, 0.6) is 5.75 Å². The lowest BCUT2D eigenvalue weighted by atomic mass is 10.0. The Hall–Kier alpha value is -3.35. The molecule has 2 aromatic carbocycles. The number of para-hydroxylation sites is 1. The van der Waals surface area contributed by atoms with E-state index in [-0.39, 0.29) is 11.5 Å². The normalized spacial score (nSPS) is 13.7. The number of phenolic OH excluding ortho intramolecular Hbond substituents is 1. The Bertz CT molecular complexity index is 1010. The van der Waals surface area contributed by atoms with Crippen LogP contribution < -0.4 is 0 Å². The molecule has 25 heavy (non-hydrogen) atoms. The highest BCUT2D eigenvalue weighted by atomic mass is 16.6. The van der Waals surface area contributed by atoms with Crippen molar-refractivity contribution in [3.63, 3.8) is 0 Å². The third-order valence-corrected chi connectivity index (χ3v) is 4.59. The molecule has 2 N–H and O–H groups in total. The molecule has 0 fully saturated rings. The molecule has 0 saturated heterocycles. The zero-order valence-electron chi connectivity index (χ0n) is 13.2. The van der Waals surface area contributed by atoms with Crippen molar-refractivity contribution in [2.75, 3.05) is 6.54 Å². The lowest BCUT2D eigenvalue weighted by molar-refractivity contribution is -0.385. The van der Waals surface area contributed by atoms with Gasteiger partial charge in [-0.3, -0.25) is 14.9 Å². The summed E-state index contributed by atoms with van der Waals surface area (Å²) in [5.41, 5.74) is 3.12. The molecule has 0 unspecified atom stereocenters. The summed E-state index contributed by atoms with van der Waals surface area (Å²) in [6.45, 7) is 1.02. The molecule has 1 aliphatic rings. The van der Waals surface area contributed by atoms with Crippen molar-refractivity contribution in [2.24, 2.45) is 0 Å². The number of aromatic nitrogens is 1. The molecule has 3 aromatic rings. The Morgan fingerprint density at radius 1 is 1.24 bits per heavy atom. The predicted molar refractivity (Wildman–Crippen MR) is 91.5 cm³/mol. The third kappa shape index (κ3) is 2.50. The predicted octanol–water partition coefficient (Wildman–Crippen LogP) is 2.98. The summed E-state index contributed by atoms with van der Waals surface area (Å²) < 4.78 is 0. The molecule has 0 saturated carbocycles. The Morgan fingerprint density at radius 2 is 2.04 bits per heavy atom. The third-order valence-electron chi connectivity index (χ3n) is 4.59. The number of nitrogens with zero attached hydrogens (tertiary/aromatic N) is 2. The molecule has 4 rings (SSSR count). The number of aromatic amines is 1. The molecule has 7 nitrogen and oxygen atoms in total. The van der Waals surface area contributed by atoms with E-state index < -0.39 is 16.4 Å². The van der Waals surface area contributed by atoms with Gasteiger partial charge in [0, 0.05) is 53.3 Å². The summed E-state index contributed by atoms with van der Waals surface area (Å²) in [4.78, 5) is 27.9. The lowest BCUT2D eigenvalue weighted by Crippen LogP contribution is -2.35. The number of carbonyl (C=O) groups excluding carboxylic acids is 1. The van der Waals surface area contributed by atoms with Crippen LogP contribution in [0.4, 0.5) is 5.69 Å². The maximum absolute atomic E-state index is 12.7. The molecule has 126 valence electrons. The number of nitro groups is 1. The summed E-state index contributed by atoms with van der Waals surface area (Å²) in [6.07, 6.45) is 0.717. The van der Waals surface area contributed by atoms with Gasteiger partial charge in [0.2, 0.25) is 0 Å². The fraction of sp³-hybridized carbons (Fsp3) is 0.167. The first-order valence-corrected chi connectivity index (χ1v) is 7.90. The molecule has 0 aliphatic carbocycles. The van der Waals surface area contributed by atoms with Gasteiger partial charge in [-0.15, -0.1) is 0 Å². The van der Waals surface area contributed by atoms with Crippen molar-refractivity contribution < 1.29 is 14.8 Å². The zero-order chi connectivity index (χ0) is 17.6. The second-order valence-electron chi connectivity index (χ2n) is 6.07. The van der Waals surface area contributed by atoms with Crippen molar-refractivity contribution in [3.05, 3.63) is 69.4 Å². The van der Waals surface area contributed by atoms with E-state index in [1.165, 1.54) is 6.07 Å². The first-order chi connectivity index (χ1) is 12.0. The van der Waals surface area contributed by atoms with Crippen LogP contribution in [0, 0.1) is 10.1 Å². The molecular weight excluding hydrogens is 322 g/mol. The van der Waals surface area contributed by atoms with Gasteiger partial charge in [0.15, 0.2) is 5.75 Å². The number of hydrogen-bond donors (Lipinski definition) is 2. The fourth-order valence-corrected chi connectivity index (χ4v) is 3.33. The van der Waals surface area contributed by atoms with Crippen molar-refractivity contribution in [1.82, 2.24) is 9.88 Å². The number of phenols is 1. The molecule has 7 heteroatoms. The van der Waals surface area contributed by atoms with E-state index in [4.69, 9.17) is 0 Å². The van der Waals surface area contributed by atoms with Crippen LogP contribution in [0.3, 0.4) is 0 Å². The largest absolute Gasteiger partial charge is 0.502 e. The van der Waals surface area contributed by atoms with E-state index >= 15 is 0 Å². The minimum absolute atomic E-state index is 0.242.